The second-order valence-electron chi connectivity index (χ2n) is 5.38. The number of aromatic nitrogens is 2. The molecule has 1 aliphatic rings. The van der Waals surface area contributed by atoms with Gasteiger partial charge in [-0.05, 0) is 49.2 Å². The van der Waals surface area contributed by atoms with Crippen molar-refractivity contribution in [1.82, 2.24) is 10.2 Å². The molecule has 2 N–H and O–H groups in total. The highest BCUT2D eigenvalue weighted by molar-refractivity contribution is 7.92. The SMILES string of the molecule is O=S(=O)(Nc1ccc(NCC2CCCO2)nn1)c1ccc(F)cc1. The van der Waals surface area contributed by atoms with Gasteiger partial charge in [-0.3, -0.25) is 4.72 Å². The van der Waals surface area contributed by atoms with Crippen LogP contribution in [0.5, 0.6) is 0 Å². The van der Waals surface area contributed by atoms with Gasteiger partial charge in [-0.1, -0.05) is 0 Å². The van der Waals surface area contributed by atoms with Crippen molar-refractivity contribution in [1.29, 1.82) is 0 Å². The van der Waals surface area contributed by atoms with E-state index < -0.39 is 15.8 Å². The second kappa shape index (κ2) is 7.10. The number of benzene rings is 1. The van der Waals surface area contributed by atoms with Crippen LogP contribution < -0.4 is 10.0 Å². The first-order valence-electron chi connectivity index (χ1n) is 7.50. The van der Waals surface area contributed by atoms with Crippen molar-refractivity contribution in [2.45, 2.75) is 23.8 Å². The van der Waals surface area contributed by atoms with Crippen molar-refractivity contribution in [2.75, 3.05) is 23.2 Å². The van der Waals surface area contributed by atoms with Gasteiger partial charge in [0.15, 0.2) is 5.82 Å². The summed E-state index contributed by atoms with van der Waals surface area (Å²) in [6.45, 7) is 1.41. The summed E-state index contributed by atoms with van der Waals surface area (Å²) >= 11 is 0. The van der Waals surface area contributed by atoms with Gasteiger partial charge in [-0.15, -0.1) is 10.2 Å². The molecule has 1 aliphatic heterocycles. The zero-order valence-corrected chi connectivity index (χ0v) is 13.6. The van der Waals surface area contributed by atoms with Crippen LogP contribution in [-0.4, -0.2) is 37.9 Å². The Kier molecular flexibility index (Phi) is 4.91. The van der Waals surface area contributed by atoms with Crippen molar-refractivity contribution in [2.24, 2.45) is 0 Å². The largest absolute Gasteiger partial charge is 0.376 e. The summed E-state index contributed by atoms with van der Waals surface area (Å²) in [5.41, 5.74) is 0. The molecule has 2 heterocycles. The molecule has 9 heteroatoms. The van der Waals surface area contributed by atoms with Crippen LogP contribution in [0.25, 0.3) is 0 Å². The normalized spacial score (nSPS) is 17.6. The lowest BCUT2D eigenvalue weighted by Gasteiger charge is -2.11. The molecule has 3 rings (SSSR count). The number of hydrogen-bond donors (Lipinski definition) is 2. The highest BCUT2D eigenvalue weighted by atomic mass is 32.2. The minimum absolute atomic E-state index is 0.0497. The summed E-state index contributed by atoms with van der Waals surface area (Å²) in [6, 6.07) is 7.67. The zero-order valence-electron chi connectivity index (χ0n) is 12.8. The molecule has 1 unspecified atom stereocenters. The Morgan fingerprint density at radius 3 is 2.46 bits per heavy atom. The lowest BCUT2D eigenvalue weighted by atomic mass is 10.2. The van der Waals surface area contributed by atoms with E-state index >= 15 is 0 Å². The van der Waals surface area contributed by atoms with Gasteiger partial charge in [0.1, 0.15) is 11.6 Å². The lowest BCUT2D eigenvalue weighted by Crippen LogP contribution is -2.19. The molecule has 0 amide bonds. The third-order valence-electron chi connectivity index (χ3n) is 3.56. The average Bonchev–Trinajstić information content (AvgIpc) is 3.08. The third-order valence-corrected chi connectivity index (χ3v) is 4.93. The van der Waals surface area contributed by atoms with Gasteiger partial charge in [-0.2, -0.15) is 0 Å². The Morgan fingerprint density at radius 1 is 1.12 bits per heavy atom. The Morgan fingerprint density at radius 2 is 1.83 bits per heavy atom. The molecule has 1 aromatic carbocycles. The van der Waals surface area contributed by atoms with Crippen LogP contribution in [0.1, 0.15) is 12.8 Å². The van der Waals surface area contributed by atoms with E-state index in [2.05, 4.69) is 20.2 Å². The molecule has 0 radical (unpaired) electrons. The number of halogens is 1. The highest BCUT2D eigenvalue weighted by Crippen LogP contribution is 2.16. The topological polar surface area (TPSA) is 93.2 Å². The number of sulfonamides is 1. The van der Waals surface area contributed by atoms with Crippen molar-refractivity contribution >= 4 is 21.7 Å². The van der Waals surface area contributed by atoms with Gasteiger partial charge in [-0.25, -0.2) is 12.8 Å². The molecule has 1 saturated heterocycles. The van der Waals surface area contributed by atoms with E-state index in [0.717, 1.165) is 31.6 Å². The van der Waals surface area contributed by atoms with Crippen LogP contribution >= 0.6 is 0 Å². The highest BCUT2D eigenvalue weighted by Gasteiger charge is 2.16. The number of nitrogens with one attached hydrogen (secondary N) is 2. The van der Waals surface area contributed by atoms with Crippen LogP contribution in [0.4, 0.5) is 16.0 Å². The fourth-order valence-corrected chi connectivity index (χ4v) is 3.31. The van der Waals surface area contributed by atoms with Crippen LogP contribution in [0.15, 0.2) is 41.3 Å². The standard InChI is InChI=1S/C15H17FN4O3S/c16-11-3-5-13(6-4-11)24(21,22)20-15-8-7-14(18-19-15)17-10-12-2-1-9-23-12/h3-8,12H,1-2,9-10H2,(H,17,18)(H,19,20). The maximum absolute atomic E-state index is 12.9. The molecule has 24 heavy (non-hydrogen) atoms. The number of anilines is 2. The maximum atomic E-state index is 12.9. The van der Waals surface area contributed by atoms with Gasteiger partial charge in [0.25, 0.3) is 10.0 Å². The van der Waals surface area contributed by atoms with Crippen molar-refractivity contribution < 1.29 is 17.5 Å². The molecule has 128 valence electrons. The molecule has 0 spiro atoms. The second-order valence-corrected chi connectivity index (χ2v) is 7.06. The molecular weight excluding hydrogens is 335 g/mol. The molecule has 0 bridgehead atoms. The van der Waals surface area contributed by atoms with Crippen LogP contribution in [0.3, 0.4) is 0 Å². The molecular formula is C15H17FN4O3S. The smallest absolute Gasteiger partial charge is 0.263 e. The molecule has 0 aliphatic carbocycles. The van der Waals surface area contributed by atoms with Gasteiger partial charge < -0.3 is 10.1 Å². The van der Waals surface area contributed by atoms with E-state index in [-0.39, 0.29) is 16.8 Å². The van der Waals surface area contributed by atoms with Crippen molar-refractivity contribution in [3.63, 3.8) is 0 Å². The molecule has 7 nitrogen and oxygen atoms in total. The van der Waals surface area contributed by atoms with Crippen LogP contribution in [-0.2, 0) is 14.8 Å². The number of rotatable bonds is 6. The summed E-state index contributed by atoms with van der Waals surface area (Å²) < 4.78 is 45.0. The summed E-state index contributed by atoms with van der Waals surface area (Å²) in [4.78, 5) is -0.0497. The predicted octanol–water partition coefficient (Wildman–Crippen LogP) is 2.01. The van der Waals surface area contributed by atoms with Gasteiger partial charge in [0, 0.05) is 13.2 Å². The monoisotopic (exact) mass is 352 g/mol. The van der Waals surface area contributed by atoms with Gasteiger partial charge in [0.2, 0.25) is 0 Å². The Bertz CT molecular complexity index is 775. The number of ether oxygens (including phenoxy) is 1. The Labute approximate surface area is 139 Å². The fourth-order valence-electron chi connectivity index (χ4n) is 2.32. The number of hydrogen-bond acceptors (Lipinski definition) is 6. The van der Waals surface area contributed by atoms with E-state index in [0.29, 0.717) is 12.4 Å². The molecule has 1 aromatic heterocycles. The summed E-state index contributed by atoms with van der Waals surface area (Å²) in [7, 11) is -3.83. The first-order chi connectivity index (χ1) is 11.5. The number of nitrogens with zero attached hydrogens (tertiary/aromatic N) is 2. The Hall–Kier alpha value is -2.26. The van der Waals surface area contributed by atoms with E-state index in [4.69, 9.17) is 4.74 Å². The third kappa shape index (κ3) is 4.18. The van der Waals surface area contributed by atoms with Gasteiger partial charge >= 0.3 is 0 Å². The quantitative estimate of drug-likeness (QED) is 0.826. The van der Waals surface area contributed by atoms with E-state index in [1.165, 1.54) is 18.2 Å². The summed E-state index contributed by atoms with van der Waals surface area (Å²) in [5, 5.41) is 10.9. The first kappa shape index (κ1) is 16.6. The first-order valence-corrected chi connectivity index (χ1v) is 8.99. The van der Waals surface area contributed by atoms with Crippen LogP contribution in [0.2, 0.25) is 0 Å². The molecule has 0 saturated carbocycles. The molecule has 1 atom stereocenters. The Balaban J connectivity index is 1.61. The fraction of sp³-hybridized carbons (Fsp3) is 0.333. The van der Waals surface area contributed by atoms with Crippen LogP contribution in [0, 0.1) is 5.82 Å². The minimum atomic E-state index is -3.83. The maximum Gasteiger partial charge on any atom is 0.263 e. The zero-order chi connectivity index (χ0) is 17.0. The van der Waals surface area contributed by atoms with E-state index in [9.17, 15) is 12.8 Å². The predicted molar refractivity (Wildman–Crippen MR) is 86.7 cm³/mol. The van der Waals surface area contributed by atoms with Gasteiger partial charge in [0.05, 0.1) is 11.0 Å². The van der Waals surface area contributed by atoms with E-state index in [1.54, 1.807) is 6.07 Å². The van der Waals surface area contributed by atoms with E-state index in [1.807, 2.05) is 0 Å². The average molecular weight is 352 g/mol. The lowest BCUT2D eigenvalue weighted by molar-refractivity contribution is 0.120. The summed E-state index contributed by atoms with van der Waals surface area (Å²) in [5.74, 6) is 0.118. The molecule has 2 aromatic rings. The van der Waals surface area contributed by atoms with Crippen molar-refractivity contribution in [3.8, 4) is 0 Å². The van der Waals surface area contributed by atoms with Crippen molar-refractivity contribution in [3.05, 3.63) is 42.2 Å². The summed E-state index contributed by atoms with van der Waals surface area (Å²) in [6.07, 6.45) is 2.24. The molecule has 1 fully saturated rings. The minimum Gasteiger partial charge on any atom is -0.376 e.